The lowest BCUT2D eigenvalue weighted by atomic mass is 10.0. The van der Waals surface area contributed by atoms with Crippen LogP contribution in [0, 0.1) is 0 Å². The van der Waals surface area contributed by atoms with Gasteiger partial charge in [0.1, 0.15) is 0 Å². The third kappa shape index (κ3) is 4.02. The number of fused-ring (bicyclic) bond motifs is 1. The van der Waals surface area contributed by atoms with E-state index < -0.39 is 0 Å². The minimum absolute atomic E-state index is 0.161. The smallest absolute Gasteiger partial charge is 0.233 e. The van der Waals surface area contributed by atoms with E-state index in [-0.39, 0.29) is 5.91 Å². The van der Waals surface area contributed by atoms with Crippen molar-refractivity contribution in [2.75, 3.05) is 37.7 Å². The molecule has 1 saturated heterocycles. The van der Waals surface area contributed by atoms with Gasteiger partial charge in [0.05, 0.1) is 5.75 Å². The number of rotatable bonds is 6. The van der Waals surface area contributed by atoms with E-state index in [2.05, 4.69) is 57.6 Å². The number of thioether (sulfide) groups is 1. The molecule has 2 aromatic carbocycles. The summed E-state index contributed by atoms with van der Waals surface area (Å²) in [7, 11) is 0. The number of nitrogens with two attached hydrogens (primary N) is 1. The van der Waals surface area contributed by atoms with Crippen molar-refractivity contribution in [3.8, 4) is 0 Å². The van der Waals surface area contributed by atoms with Crippen LogP contribution in [0.3, 0.4) is 0 Å². The highest BCUT2D eigenvalue weighted by Gasteiger charge is 2.29. The lowest BCUT2D eigenvalue weighted by molar-refractivity contribution is -0.130. The third-order valence-corrected chi connectivity index (χ3v) is 6.85. The summed E-state index contributed by atoms with van der Waals surface area (Å²) in [5.41, 5.74) is 7.27. The van der Waals surface area contributed by atoms with E-state index in [1.807, 2.05) is 9.47 Å². The number of hydrogen-bond donors (Lipinski definition) is 1. The van der Waals surface area contributed by atoms with E-state index in [0.717, 1.165) is 50.7 Å². The van der Waals surface area contributed by atoms with Gasteiger partial charge in [-0.2, -0.15) is 0 Å². The molecule has 8 heteroatoms. The molecule has 0 bridgehead atoms. The molecular weight excluding hydrogens is 396 g/mol. The van der Waals surface area contributed by atoms with Crippen molar-refractivity contribution in [1.82, 2.24) is 24.6 Å². The van der Waals surface area contributed by atoms with E-state index in [0.29, 0.717) is 17.7 Å². The Morgan fingerprint density at radius 2 is 1.80 bits per heavy atom. The summed E-state index contributed by atoms with van der Waals surface area (Å²) in [5, 5.41) is 11.5. The first kappa shape index (κ1) is 19.4. The van der Waals surface area contributed by atoms with Crippen LogP contribution in [0.15, 0.2) is 47.6 Å². The quantitative estimate of drug-likeness (QED) is 0.616. The zero-order chi connectivity index (χ0) is 20.5. The number of hydrogen-bond acceptors (Lipinski definition) is 6. The Morgan fingerprint density at radius 1 is 1.03 bits per heavy atom. The molecule has 1 aliphatic heterocycles. The monoisotopic (exact) mass is 422 g/mol. The normalized spacial score (nSPS) is 17.5. The number of piperazine rings is 1. The molecule has 7 nitrogen and oxygen atoms in total. The van der Waals surface area contributed by atoms with Gasteiger partial charge in [0.25, 0.3) is 0 Å². The number of aromatic nitrogens is 3. The van der Waals surface area contributed by atoms with E-state index in [9.17, 15) is 4.79 Å². The van der Waals surface area contributed by atoms with Gasteiger partial charge in [-0.1, -0.05) is 54.2 Å². The van der Waals surface area contributed by atoms with Crippen LogP contribution in [-0.4, -0.2) is 62.4 Å². The van der Waals surface area contributed by atoms with Crippen LogP contribution in [0.2, 0.25) is 0 Å². The van der Waals surface area contributed by atoms with Gasteiger partial charge in [-0.25, -0.2) is 0 Å². The molecule has 30 heavy (non-hydrogen) atoms. The molecule has 0 radical (unpaired) electrons. The molecular formula is C22H26N6OS. The molecule has 1 aromatic heterocycles. The molecule has 5 rings (SSSR count). The average molecular weight is 423 g/mol. The molecule has 1 saturated carbocycles. The van der Waals surface area contributed by atoms with Crippen molar-refractivity contribution >= 4 is 34.4 Å². The molecule has 3 aromatic rings. The molecule has 2 fully saturated rings. The maximum absolute atomic E-state index is 12.7. The lowest BCUT2D eigenvalue weighted by Gasteiger charge is -2.35. The highest BCUT2D eigenvalue weighted by atomic mass is 32.2. The van der Waals surface area contributed by atoms with Gasteiger partial charge in [-0.3, -0.25) is 14.3 Å². The summed E-state index contributed by atoms with van der Waals surface area (Å²) in [5.74, 6) is 0.997. The van der Waals surface area contributed by atoms with Crippen molar-refractivity contribution in [2.45, 2.75) is 30.6 Å². The predicted octanol–water partition coefficient (Wildman–Crippen LogP) is 2.78. The van der Waals surface area contributed by atoms with Crippen LogP contribution >= 0.6 is 11.8 Å². The maximum Gasteiger partial charge on any atom is 0.233 e. The first-order valence-corrected chi connectivity index (χ1v) is 11.5. The van der Waals surface area contributed by atoms with Crippen molar-refractivity contribution in [3.05, 3.63) is 48.0 Å². The van der Waals surface area contributed by atoms with Gasteiger partial charge in [-0.05, 0) is 29.2 Å². The Labute approximate surface area is 180 Å². The molecule has 2 aliphatic rings. The standard InChI is InChI=1S/C22H26N6OS/c23-21-24-25-22(28(21)18-8-9-18)30-15-20(29)27-12-10-26(11-13-27)14-17-6-3-5-16-4-1-2-7-19(16)17/h1-7,18H,8-15H2,(H2,23,24). The highest BCUT2D eigenvalue weighted by molar-refractivity contribution is 7.99. The van der Waals surface area contributed by atoms with Gasteiger partial charge >= 0.3 is 0 Å². The first-order valence-electron chi connectivity index (χ1n) is 10.5. The number of carbonyl (C=O) groups is 1. The number of anilines is 1. The van der Waals surface area contributed by atoms with Crippen LogP contribution in [0.4, 0.5) is 5.95 Å². The van der Waals surface area contributed by atoms with E-state index in [1.54, 1.807) is 0 Å². The number of amides is 1. The summed E-state index contributed by atoms with van der Waals surface area (Å²) in [6.07, 6.45) is 2.23. The largest absolute Gasteiger partial charge is 0.368 e. The van der Waals surface area contributed by atoms with E-state index in [1.165, 1.54) is 28.1 Å². The first-order chi connectivity index (χ1) is 14.7. The molecule has 0 spiro atoms. The number of benzene rings is 2. The van der Waals surface area contributed by atoms with Gasteiger partial charge in [0.15, 0.2) is 5.16 Å². The Balaban J connectivity index is 1.14. The summed E-state index contributed by atoms with van der Waals surface area (Å²) < 4.78 is 1.97. The third-order valence-electron chi connectivity index (χ3n) is 5.93. The van der Waals surface area contributed by atoms with Gasteiger partial charge in [0, 0.05) is 38.8 Å². The molecule has 2 N–H and O–H groups in total. The molecule has 2 heterocycles. The van der Waals surface area contributed by atoms with Crippen molar-refractivity contribution in [2.24, 2.45) is 0 Å². The fraction of sp³-hybridized carbons (Fsp3) is 0.409. The van der Waals surface area contributed by atoms with Crippen LogP contribution in [0.5, 0.6) is 0 Å². The van der Waals surface area contributed by atoms with Crippen molar-refractivity contribution in [3.63, 3.8) is 0 Å². The average Bonchev–Trinajstić information content (AvgIpc) is 3.55. The van der Waals surface area contributed by atoms with E-state index in [4.69, 9.17) is 5.73 Å². The minimum Gasteiger partial charge on any atom is -0.368 e. The lowest BCUT2D eigenvalue weighted by Crippen LogP contribution is -2.48. The van der Waals surface area contributed by atoms with Gasteiger partial charge in [-0.15, -0.1) is 10.2 Å². The number of nitrogens with zero attached hydrogens (tertiary/aromatic N) is 5. The summed E-state index contributed by atoms with van der Waals surface area (Å²) in [4.78, 5) is 17.1. The fourth-order valence-corrected chi connectivity index (χ4v) is 5.02. The topological polar surface area (TPSA) is 80.3 Å². The van der Waals surface area contributed by atoms with Crippen molar-refractivity contribution in [1.29, 1.82) is 0 Å². The van der Waals surface area contributed by atoms with Crippen LogP contribution in [-0.2, 0) is 11.3 Å². The van der Waals surface area contributed by atoms with Crippen LogP contribution in [0.25, 0.3) is 10.8 Å². The van der Waals surface area contributed by atoms with E-state index >= 15 is 0 Å². The van der Waals surface area contributed by atoms with Crippen LogP contribution < -0.4 is 5.73 Å². The summed E-state index contributed by atoms with van der Waals surface area (Å²) >= 11 is 1.45. The number of carbonyl (C=O) groups excluding carboxylic acids is 1. The Bertz CT molecular complexity index is 1050. The number of nitrogen functional groups attached to an aromatic ring is 1. The second-order valence-electron chi connectivity index (χ2n) is 8.03. The van der Waals surface area contributed by atoms with Crippen LogP contribution in [0.1, 0.15) is 24.4 Å². The zero-order valence-corrected chi connectivity index (χ0v) is 17.7. The molecule has 1 aliphatic carbocycles. The zero-order valence-electron chi connectivity index (χ0n) is 16.9. The Hall–Kier alpha value is -2.58. The minimum atomic E-state index is 0.161. The molecule has 0 unspecified atom stereocenters. The highest BCUT2D eigenvalue weighted by Crippen LogP contribution is 2.39. The Kier molecular flexibility index (Phi) is 5.35. The second kappa shape index (κ2) is 8.28. The SMILES string of the molecule is Nc1nnc(SCC(=O)N2CCN(Cc3cccc4ccccc34)CC2)n1C1CC1. The summed E-state index contributed by atoms with van der Waals surface area (Å²) in [6, 6.07) is 15.4. The fourth-order valence-electron chi connectivity index (χ4n) is 4.11. The Morgan fingerprint density at radius 3 is 2.60 bits per heavy atom. The van der Waals surface area contributed by atoms with Crippen molar-refractivity contribution < 1.29 is 4.79 Å². The molecule has 0 atom stereocenters. The maximum atomic E-state index is 12.7. The molecule has 1 amide bonds. The molecule has 156 valence electrons. The second-order valence-corrected chi connectivity index (χ2v) is 8.97. The predicted molar refractivity (Wildman–Crippen MR) is 119 cm³/mol. The summed E-state index contributed by atoms with van der Waals surface area (Å²) in [6.45, 7) is 4.24. The van der Waals surface area contributed by atoms with Gasteiger partial charge in [0.2, 0.25) is 11.9 Å². The van der Waals surface area contributed by atoms with Gasteiger partial charge < -0.3 is 10.6 Å².